The first-order chi connectivity index (χ1) is 3.56. The normalized spacial score (nSPS) is 19.0. The lowest BCUT2D eigenvalue weighted by Crippen LogP contribution is -2.32. The van der Waals surface area contributed by atoms with E-state index in [0.29, 0.717) is 0 Å². The minimum atomic E-state index is -1.23. The van der Waals surface area contributed by atoms with Crippen LogP contribution >= 0.6 is 0 Å². The molecule has 1 unspecified atom stereocenters. The van der Waals surface area contributed by atoms with E-state index in [0.717, 1.165) is 0 Å². The zero-order chi connectivity index (χ0) is 6.62. The lowest BCUT2D eigenvalue weighted by atomic mass is 10.5. The highest BCUT2D eigenvalue weighted by atomic mass is 16.8. The van der Waals surface area contributed by atoms with Gasteiger partial charge in [-0.15, -0.1) is 0 Å². The molecule has 0 aromatic heterocycles. The summed E-state index contributed by atoms with van der Waals surface area (Å²) in [6.45, 7) is 1.92. The molecule has 0 saturated carbocycles. The number of hydroxylamine groups is 4. The average Bonchev–Trinajstić information content (AvgIpc) is 1.59. The number of likely N-dealkylation sites (N-methyl/N-ethyl adjacent to an activating group) is 1. The van der Waals surface area contributed by atoms with Crippen LogP contribution in [0.15, 0.2) is 12.2 Å². The van der Waals surface area contributed by atoms with Crippen molar-refractivity contribution in [1.29, 1.82) is 0 Å². The zero-order valence-corrected chi connectivity index (χ0v) is 5.16. The minimum absolute atomic E-state index is 0.122. The Balaban J connectivity index is 3.39. The van der Waals surface area contributed by atoms with Crippen molar-refractivity contribution >= 4 is 0 Å². The molecule has 3 heteroatoms. The second-order valence-corrected chi connectivity index (χ2v) is 1.80. The second-order valence-electron chi connectivity index (χ2n) is 1.80. The molecule has 0 aliphatic rings. The Kier molecular flexibility index (Phi) is 2.68. The van der Waals surface area contributed by atoms with E-state index in [1.54, 1.807) is 19.1 Å². The van der Waals surface area contributed by atoms with E-state index in [9.17, 15) is 5.21 Å². The van der Waals surface area contributed by atoms with Crippen LogP contribution in [0.25, 0.3) is 0 Å². The summed E-state index contributed by atoms with van der Waals surface area (Å²) >= 11 is 0. The molecule has 0 bridgehead atoms. The van der Waals surface area contributed by atoms with Crippen molar-refractivity contribution in [2.45, 2.75) is 6.92 Å². The van der Waals surface area contributed by atoms with E-state index in [1.165, 1.54) is 7.05 Å². The van der Waals surface area contributed by atoms with Crippen LogP contribution in [-0.4, -0.2) is 23.6 Å². The number of nitrogens with zero attached hydrogens (tertiary/aromatic N) is 1. The SMILES string of the molecule is C/C=C/C[N+](C)([O-])O. The van der Waals surface area contributed by atoms with Crippen LogP contribution < -0.4 is 0 Å². The van der Waals surface area contributed by atoms with Crippen LogP contribution in [0.4, 0.5) is 0 Å². The number of rotatable bonds is 2. The van der Waals surface area contributed by atoms with Gasteiger partial charge in [-0.05, 0) is 13.0 Å². The third-order valence-corrected chi connectivity index (χ3v) is 0.680. The Labute approximate surface area is 49.0 Å². The van der Waals surface area contributed by atoms with E-state index in [4.69, 9.17) is 5.21 Å². The summed E-state index contributed by atoms with van der Waals surface area (Å²) < 4.78 is 0. The fraction of sp³-hybridized carbons (Fsp3) is 0.600. The monoisotopic (exact) mass is 117 g/mol. The lowest BCUT2D eigenvalue weighted by Gasteiger charge is -2.26. The molecule has 0 saturated heterocycles. The first-order valence-electron chi connectivity index (χ1n) is 2.46. The maximum absolute atomic E-state index is 10.3. The topological polar surface area (TPSA) is 43.3 Å². The molecular weight excluding hydrogens is 106 g/mol. The fourth-order valence-electron chi connectivity index (χ4n) is 0.301. The van der Waals surface area contributed by atoms with Gasteiger partial charge in [-0.1, -0.05) is 6.08 Å². The number of allylic oxidation sites excluding steroid dienone is 1. The molecule has 0 radical (unpaired) electrons. The Morgan fingerprint density at radius 3 is 2.38 bits per heavy atom. The first kappa shape index (κ1) is 7.62. The Hall–Kier alpha value is -0.380. The molecule has 0 aliphatic heterocycles. The van der Waals surface area contributed by atoms with Gasteiger partial charge in [0, 0.05) is 0 Å². The third-order valence-electron chi connectivity index (χ3n) is 0.680. The highest BCUT2D eigenvalue weighted by Crippen LogP contribution is 1.89. The summed E-state index contributed by atoms with van der Waals surface area (Å²) in [5.74, 6) is 0. The standard InChI is InChI=1S/C5H11NO2/c1-3-4-5-6(2,7)8/h3-4,7H,5H2,1-2H3/b4-3+. The maximum Gasteiger partial charge on any atom is 0.127 e. The molecule has 8 heavy (non-hydrogen) atoms. The predicted octanol–water partition coefficient (Wildman–Crippen LogP) is 0.896. The largest absolute Gasteiger partial charge is 0.598 e. The Morgan fingerprint density at radius 1 is 1.75 bits per heavy atom. The summed E-state index contributed by atoms with van der Waals surface area (Å²) in [5.41, 5.74) is 0. The van der Waals surface area contributed by atoms with Crippen molar-refractivity contribution in [3.63, 3.8) is 0 Å². The second kappa shape index (κ2) is 2.81. The van der Waals surface area contributed by atoms with E-state index in [1.807, 2.05) is 0 Å². The van der Waals surface area contributed by atoms with E-state index in [2.05, 4.69) is 0 Å². The summed E-state index contributed by atoms with van der Waals surface area (Å²) in [4.78, 5) is -1.23. The highest BCUT2D eigenvalue weighted by Gasteiger charge is 1.97. The molecule has 0 aliphatic carbocycles. The van der Waals surface area contributed by atoms with Gasteiger partial charge >= 0.3 is 0 Å². The van der Waals surface area contributed by atoms with Crippen molar-refractivity contribution in [2.24, 2.45) is 0 Å². The van der Waals surface area contributed by atoms with E-state index >= 15 is 0 Å². The summed E-state index contributed by atoms with van der Waals surface area (Å²) in [7, 11) is 1.18. The number of hydrogen-bond acceptors (Lipinski definition) is 2. The van der Waals surface area contributed by atoms with Gasteiger partial charge in [0.1, 0.15) is 6.54 Å². The third kappa shape index (κ3) is 5.62. The van der Waals surface area contributed by atoms with Crippen LogP contribution in [0.5, 0.6) is 0 Å². The van der Waals surface area contributed by atoms with Crippen molar-refractivity contribution in [3.05, 3.63) is 17.4 Å². The molecule has 0 amide bonds. The van der Waals surface area contributed by atoms with Gasteiger partial charge in [-0.25, -0.2) is 10.0 Å². The summed E-state index contributed by atoms with van der Waals surface area (Å²) in [6.07, 6.45) is 3.34. The van der Waals surface area contributed by atoms with E-state index in [-0.39, 0.29) is 6.54 Å². The molecule has 0 spiro atoms. The predicted molar refractivity (Wildman–Crippen MR) is 31.0 cm³/mol. The smallest absolute Gasteiger partial charge is 0.127 e. The van der Waals surface area contributed by atoms with Gasteiger partial charge < -0.3 is 5.21 Å². The van der Waals surface area contributed by atoms with Gasteiger partial charge in [-0.2, -0.15) is 0 Å². The van der Waals surface area contributed by atoms with Crippen LogP contribution in [0.1, 0.15) is 6.92 Å². The van der Waals surface area contributed by atoms with Crippen molar-refractivity contribution in [1.82, 2.24) is 0 Å². The lowest BCUT2D eigenvalue weighted by molar-refractivity contribution is -1.04. The molecule has 0 heterocycles. The maximum atomic E-state index is 10.3. The molecule has 48 valence electrons. The molecule has 3 nitrogen and oxygen atoms in total. The minimum Gasteiger partial charge on any atom is -0.598 e. The van der Waals surface area contributed by atoms with Crippen LogP contribution in [0.3, 0.4) is 0 Å². The average molecular weight is 117 g/mol. The van der Waals surface area contributed by atoms with Gasteiger partial charge in [0.15, 0.2) is 0 Å². The number of quaternary nitrogens is 1. The van der Waals surface area contributed by atoms with Crippen LogP contribution in [0, 0.1) is 5.21 Å². The van der Waals surface area contributed by atoms with Gasteiger partial charge in [-0.3, -0.25) is 0 Å². The first-order valence-corrected chi connectivity index (χ1v) is 2.46. The molecule has 0 rings (SSSR count). The summed E-state index contributed by atoms with van der Waals surface area (Å²) in [5, 5.41) is 18.8. The van der Waals surface area contributed by atoms with Crippen LogP contribution in [-0.2, 0) is 0 Å². The zero-order valence-electron chi connectivity index (χ0n) is 5.16. The van der Waals surface area contributed by atoms with Crippen molar-refractivity contribution in [2.75, 3.05) is 13.6 Å². The molecule has 0 fully saturated rings. The summed E-state index contributed by atoms with van der Waals surface area (Å²) in [6, 6.07) is 0. The highest BCUT2D eigenvalue weighted by molar-refractivity contribution is 4.75. The molecule has 1 N–H and O–H groups in total. The van der Waals surface area contributed by atoms with Gasteiger partial charge in [0.05, 0.1) is 7.05 Å². The Bertz CT molecular complexity index is 82.9. The van der Waals surface area contributed by atoms with Crippen LogP contribution in [0.2, 0.25) is 0 Å². The van der Waals surface area contributed by atoms with Crippen molar-refractivity contribution < 1.29 is 10.0 Å². The van der Waals surface area contributed by atoms with Crippen molar-refractivity contribution in [3.8, 4) is 0 Å². The quantitative estimate of drug-likeness (QED) is 0.331. The number of hydrogen-bond donors (Lipinski definition) is 1. The Morgan fingerprint density at radius 2 is 2.25 bits per heavy atom. The fourth-order valence-corrected chi connectivity index (χ4v) is 0.301. The molecule has 1 atom stereocenters. The van der Waals surface area contributed by atoms with Gasteiger partial charge in [0.25, 0.3) is 0 Å². The molecular formula is C5H11NO2. The molecule has 0 aromatic rings. The van der Waals surface area contributed by atoms with E-state index < -0.39 is 4.81 Å². The molecule has 0 aromatic carbocycles. The van der Waals surface area contributed by atoms with Gasteiger partial charge in [0.2, 0.25) is 0 Å².